The molecule has 0 spiro atoms. The molecule has 10 heteroatoms. The lowest BCUT2D eigenvalue weighted by Crippen LogP contribution is -2.38. The highest BCUT2D eigenvalue weighted by Gasteiger charge is 2.29. The molecule has 0 bridgehead atoms. The number of benzene rings is 1. The molecule has 1 fully saturated rings. The molecule has 1 aliphatic rings. The van der Waals surface area contributed by atoms with Crippen LogP contribution in [0.15, 0.2) is 23.1 Å². The number of hydrogen-bond acceptors (Lipinski definition) is 6. The van der Waals surface area contributed by atoms with Gasteiger partial charge < -0.3 is 9.84 Å². The van der Waals surface area contributed by atoms with Gasteiger partial charge in [0.1, 0.15) is 10.6 Å². The van der Waals surface area contributed by atoms with E-state index < -0.39 is 26.1 Å². The van der Waals surface area contributed by atoms with Crippen LogP contribution in [0.3, 0.4) is 0 Å². The summed E-state index contributed by atoms with van der Waals surface area (Å²) >= 11 is 0. The normalized spacial score (nSPS) is 19.0. The summed E-state index contributed by atoms with van der Waals surface area (Å²) in [6.07, 6.45) is 1.31. The number of hydrogen-bond donors (Lipinski definition) is 2. The van der Waals surface area contributed by atoms with E-state index in [0.29, 0.717) is 19.4 Å². The Morgan fingerprint density at radius 1 is 1.38 bits per heavy atom. The maximum Gasteiger partial charge on any atom is 0.244 e. The fraction of sp³-hybridized carbons (Fsp3) is 0.571. The molecular weight excluding hydrogens is 356 g/mol. The van der Waals surface area contributed by atoms with Crippen molar-refractivity contribution in [2.45, 2.75) is 30.7 Å². The first-order valence-corrected chi connectivity index (χ1v) is 10.6. The van der Waals surface area contributed by atoms with Crippen molar-refractivity contribution in [3.8, 4) is 5.75 Å². The van der Waals surface area contributed by atoms with Crippen LogP contribution in [0, 0.1) is 0 Å². The van der Waals surface area contributed by atoms with Crippen molar-refractivity contribution in [1.82, 2.24) is 4.72 Å². The number of aliphatic hydroxyl groups excluding tert-OH is 1. The number of rotatable bonds is 6. The molecule has 1 atom stereocenters. The number of sulfonamides is 2. The van der Waals surface area contributed by atoms with E-state index in [9.17, 15) is 16.8 Å². The molecule has 1 heterocycles. The minimum atomic E-state index is -3.97. The van der Waals surface area contributed by atoms with Gasteiger partial charge in [0, 0.05) is 12.6 Å². The summed E-state index contributed by atoms with van der Waals surface area (Å²) in [5.74, 6) is 0.145. The minimum absolute atomic E-state index is 0.0426. The van der Waals surface area contributed by atoms with Crippen LogP contribution in [0.4, 0.5) is 5.69 Å². The van der Waals surface area contributed by atoms with E-state index in [1.165, 1.54) is 36.5 Å². The highest BCUT2D eigenvalue weighted by molar-refractivity contribution is 7.92. The van der Waals surface area contributed by atoms with Crippen LogP contribution in [-0.2, 0) is 20.0 Å². The summed E-state index contributed by atoms with van der Waals surface area (Å²) in [5, 5.41) is 9.05. The SMILES string of the molecule is COc1ccc(N2CCCCS2(=O)=O)cc1S(=O)(=O)N[C@@H](C)CO. The Bertz CT molecular complexity index is 791. The first kappa shape index (κ1) is 19.0. The fourth-order valence-electron chi connectivity index (χ4n) is 2.47. The zero-order chi connectivity index (χ0) is 18.0. The van der Waals surface area contributed by atoms with Gasteiger partial charge in [0.15, 0.2) is 0 Å². The van der Waals surface area contributed by atoms with Crippen molar-refractivity contribution in [3.05, 3.63) is 18.2 Å². The van der Waals surface area contributed by atoms with E-state index in [-0.39, 0.29) is 28.7 Å². The first-order valence-electron chi connectivity index (χ1n) is 7.53. The van der Waals surface area contributed by atoms with Crippen molar-refractivity contribution >= 4 is 25.7 Å². The Morgan fingerprint density at radius 3 is 2.67 bits per heavy atom. The summed E-state index contributed by atoms with van der Waals surface area (Å²) < 4.78 is 58.1. The Morgan fingerprint density at radius 2 is 2.08 bits per heavy atom. The maximum atomic E-state index is 12.5. The third-order valence-electron chi connectivity index (χ3n) is 3.70. The lowest BCUT2D eigenvalue weighted by atomic mass is 10.2. The maximum absolute atomic E-state index is 12.5. The molecule has 2 N–H and O–H groups in total. The predicted octanol–water partition coefficient (Wildman–Crippen LogP) is 0.284. The van der Waals surface area contributed by atoms with Gasteiger partial charge >= 0.3 is 0 Å². The summed E-state index contributed by atoms with van der Waals surface area (Å²) in [5.41, 5.74) is 0.285. The van der Waals surface area contributed by atoms with Crippen LogP contribution >= 0.6 is 0 Å². The molecule has 1 aromatic carbocycles. The average Bonchev–Trinajstić information content (AvgIpc) is 2.53. The number of aliphatic hydroxyl groups is 1. The van der Waals surface area contributed by atoms with Crippen LogP contribution in [0.1, 0.15) is 19.8 Å². The molecule has 136 valence electrons. The van der Waals surface area contributed by atoms with Gasteiger partial charge in [-0.25, -0.2) is 21.6 Å². The molecule has 0 unspecified atom stereocenters. The molecule has 24 heavy (non-hydrogen) atoms. The zero-order valence-corrected chi connectivity index (χ0v) is 15.2. The lowest BCUT2D eigenvalue weighted by molar-refractivity contribution is 0.265. The molecule has 0 radical (unpaired) electrons. The molecule has 2 rings (SSSR count). The largest absolute Gasteiger partial charge is 0.495 e. The van der Waals surface area contributed by atoms with E-state index in [1.54, 1.807) is 0 Å². The molecule has 1 aromatic rings. The van der Waals surface area contributed by atoms with Gasteiger partial charge in [0.25, 0.3) is 0 Å². The van der Waals surface area contributed by atoms with Gasteiger partial charge in [-0.15, -0.1) is 0 Å². The second kappa shape index (κ2) is 7.26. The van der Waals surface area contributed by atoms with Crippen LogP contribution in [-0.4, -0.2) is 54.0 Å². The first-order chi connectivity index (χ1) is 11.2. The number of methoxy groups -OCH3 is 1. The van der Waals surface area contributed by atoms with Crippen molar-refractivity contribution < 1.29 is 26.7 Å². The Labute approximate surface area is 142 Å². The van der Waals surface area contributed by atoms with Gasteiger partial charge in [0.05, 0.1) is 25.2 Å². The third-order valence-corrected chi connectivity index (χ3v) is 7.18. The van der Waals surface area contributed by atoms with Crippen molar-refractivity contribution in [2.24, 2.45) is 0 Å². The molecule has 8 nitrogen and oxygen atoms in total. The van der Waals surface area contributed by atoms with Gasteiger partial charge in [0.2, 0.25) is 20.0 Å². The Kier molecular flexibility index (Phi) is 5.74. The highest BCUT2D eigenvalue weighted by Crippen LogP contribution is 2.31. The van der Waals surface area contributed by atoms with Crippen molar-refractivity contribution in [2.75, 3.05) is 30.3 Å². The van der Waals surface area contributed by atoms with Gasteiger partial charge in [-0.05, 0) is 38.0 Å². The molecule has 0 saturated carbocycles. The van der Waals surface area contributed by atoms with Crippen LogP contribution < -0.4 is 13.8 Å². The van der Waals surface area contributed by atoms with Crippen molar-refractivity contribution in [1.29, 1.82) is 0 Å². The second-order valence-electron chi connectivity index (χ2n) is 5.64. The molecule has 0 amide bonds. The van der Waals surface area contributed by atoms with Gasteiger partial charge in [-0.1, -0.05) is 0 Å². The van der Waals surface area contributed by atoms with Crippen LogP contribution in [0.25, 0.3) is 0 Å². The van der Waals surface area contributed by atoms with E-state index in [2.05, 4.69) is 4.72 Å². The standard InChI is InChI=1S/C14H22N2O6S2/c1-11(10-17)15-24(20,21)14-9-12(5-6-13(14)22-2)16-7-3-4-8-23(16,18)19/h5-6,9,11,15,17H,3-4,7-8,10H2,1-2H3/t11-/m0/s1. The number of ether oxygens (including phenoxy) is 1. The fourth-order valence-corrected chi connectivity index (χ4v) is 5.53. The smallest absolute Gasteiger partial charge is 0.244 e. The number of nitrogens with one attached hydrogen (secondary N) is 1. The Balaban J connectivity index is 2.48. The topological polar surface area (TPSA) is 113 Å². The van der Waals surface area contributed by atoms with E-state index in [1.807, 2.05) is 0 Å². The number of nitrogens with zero attached hydrogens (tertiary/aromatic N) is 1. The third kappa shape index (κ3) is 4.00. The summed E-state index contributed by atoms with van der Waals surface area (Å²) in [7, 11) is -6.08. The average molecular weight is 378 g/mol. The molecule has 1 saturated heterocycles. The quantitative estimate of drug-likeness (QED) is 0.735. The van der Waals surface area contributed by atoms with Gasteiger partial charge in [-0.3, -0.25) is 4.31 Å². The molecular formula is C14H22N2O6S2. The summed E-state index contributed by atoms with van der Waals surface area (Å²) in [6, 6.07) is 3.56. The number of anilines is 1. The monoisotopic (exact) mass is 378 g/mol. The second-order valence-corrected chi connectivity index (χ2v) is 9.33. The Hall–Kier alpha value is -1.36. The zero-order valence-electron chi connectivity index (χ0n) is 13.6. The molecule has 0 aromatic heterocycles. The van der Waals surface area contributed by atoms with E-state index >= 15 is 0 Å². The lowest BCUT2D eigenvalue weighted by Gasteiger charge is -2.28. The molecule has 0 aliphatic carbocycles. The summed E-state index contributed by atoms with van der Waals surface area (Å²) in [6.45, 7) is 1.47. The van der Waals surface area contributed by atoms with Crippen molar-refractivity contribution in [3.63, 3.8) is 0 Å². The van der Waals surface area contributed by atoms with Crippen LogP contribution in [0.5, 0.6) is 5.75 Å². The summed E-state index contributed by atoms with van der Waals surface area (Å²) in [4.78, 5) is -0.163. The minimum Gasteiger partial charge on any atom is -0.495 e. The van der Waals surface area contributed by atoms with E-state index in [0.717, 1.165) is 0 Å². The van der Waals surface area contributed by atoms with Crippen LogP contribution in [0.2, 0.25) is 0 Å². The predicted molar refractivity (Wildman–Crippen MR) is 90.2 cm³/mol. The highest BCUT2D eigenvalue weighted by atomic mass is 32.2. The van der Waals surface area contributed by atoms with Gasteiger partial charge in [-0.2, -0.15) is 0 Å². The van der Waals surface area contributed by atoms with E-state index in [4.69, 9.17) is 9.84 Å². The molecule has 1 aliphatic heterocycles.